The monoisotopic (exact) mass is 726 g/mol. The summed E-state index contributed by atoms with van der Waals surface area (Å²) in [6.07, 6.45) is 25.9. The molecule has 51 heavy (non-hydrogen) atoms. The van der Waals surface area contributed by atoms with Crippen LogP contribution in [0.25, 0.3) is 0 Å². The molecule has 0 bridgehead atoms. The topological polar surface area (TPSA) is 154 Å². The van der Waals surface area contributed by atoms with Gasteiger partial charge in [-0.1, -0.05) is 175 Å². The number of carbonyl (C=O) groups excluding carboxylic acids is 2. The summed E-state index contributed by atoms with van der Waals surface area (Å²) in [5.74, 6) is -1.08. The quantitative estimate of drug-likeness (QED) is 0.0377. The van der Waals surface area contributed by atoms with Crippen molar-refractivity contribution in [1.29, 1.82) is 0 Å². The Bertz CT molecular complexity index is 845. The number of hydrogen-bond donors (Lipinski definition) is 6. The summed E-state index contributed by atoms with van der Waals surface area (Å²) in [4.78, 5) is 26.9. The van der Waals surface area contributed by atoms with Gasteiger partial charge in [-0.15, -0.1) is 0 Å². The van der Waals surface area contributed by atoms with E-state index in [1.54, 1.807) is 0 Å². The fourth-order valence-electron chi connectivity index (χ4n) is 7.50. The van der Waals surface area contributed by atoms with Gasteiger partial charge in [-0.05, 0) is 25.2 Å². The number of unbranched alkanes of at least 4 members (excludes halogenated alkanes) is 22. The van der Waals surface area contributed by atoms with Crippen LogP contribution in [-0.4, -0.2) is 76.8 Å². The minimum absolute atomic E-state index is 0.171. The second-order valence-corrected chi connectivity index (χ2v) is 16.0. The Morgan fingerprint density at radius 2 is 1.08 bits per heavy atom. The lowest BCUT2D eigenvalue weighted by Gasteiger charge is -2.45. The highest BCUT2D eigenvalue weighted by atomic mass is 16.5. The van der Waals surface area contributed by atoms with E-state index >= 15 is 0 Å². The van der Waals surface area contributed by atoms with Crippen LogP contribution in [0.1, 0.15) is 195 Å². The summed E-state index contributed by atoms with van der Waals surface area (Å²) in [7, 11) is 0. The number of ether oxygens (including phenoxy) is 1. The summed E-state index contributed by atoms with van der Waals surface area (Å²) in [6, 6.07) is -1.82. The molecule has 1 aliphatic heterocycles. The van der Waals surface area contributed by atoms with Crippen molar-refractivity contribution >= 4 is 11.8 Å². The predicted octanol–water partition coefficient (Wildman–Crippen LogP) is 7.85. The Hall–Kier alpha value is -1.26. The Morgan fingerprint density at radius 1 is 0.647 bits per heavy atom. The first-order chi connectivity index (χ1) is 24.7. The Balaban J connectivity index is 2.64. The molecule has 0 aliphatic carbocycles. The van der Waals surface area contributed by atoms with E-state index in [4.69, 9.17) is 10.5 Å². The lowest BCUT2D eigenvalue weighted by molar-refractivity contribution is -0.208. The summed E-state index contributed by atoms with van der Waals surface area (Å²) in [5, 5.41) is 37.8. The van der Waals surface area contributed by atoms with E-state index in [1.807, 2.05) is 13.8 Å². The van der Waals surface area contributed by atoms with Gasteiger partial charge in [0.05, 0.1) is 30.7 Å². The second-order valence-electron chi connectivity index (χ2n) is 16.0. The Labute approximate surface area is 313 Å². The number of nitrogens with one attached hydrogen (secondary N) is 2. The molecule has 9 heteroatoms. The molecule has 7 N–H and O–H groups in total. The van der Waals surface area contributed by atoms with Crippen LogP contribution in [0.5, 0.6) is 0 Å². The van der Waals surface area contributed by atoms with Gasteiger partial charge in [0.1, 0.15) is 18.3 Å². The van der Waals surface area contributed by atoms with Gasteiger partial charge in [0.2, 0.25) is 11.8 Å². The van der Waals surface area contributed by atoms with Crippen LogP contribution in [-0.2, 0) is 14.3 Å². The second kappa shape index (κ2) is 31.1. The van der Waals surface area contributed by atoms with E-state index < -0.39 is 54.9 Å². The number of amides is 2. The van der Waals surface area contributed by atoms with Crippen molar-refractivity contribution < 1.29 is 29.6 Å². The molecule has 0 aromatic heterocycles. The molecule has 1 rings (SSSR count). The molecular weight excluding hydrogens is 642 g/mol. The standard InChI is InChI=1S/C42H83N3O6/c1-5-7-9-11-13-15-16-17-18-19-20-21-22-24-26-28-30-44-41(49)34(29-27-25-23-14-12-10-8-6-2)40-37(39(48)38(47)36(32-46)51-40)45-42(50)35(43)31-33(3)4/h33-40,46-48H,5-32,43H2,1-4H3,(H,44,49)(H,45,50)/t34?,35-,36+,37+,38+,39+,40-/m0/s1. The Kier molecular flexibility index (Phi) is 29.1. The zero-order chi connectivity index (χ0) is 37.7. The maximum Gasteiger partial charge on any atom is 0.237 e. The van der Waals surface area contributed by atoms with E-state index in [-0.39, 0.29) is 11.8 Å². The van der Waals surface area contributed by atoms with Gasteiger partial charge >= 0.3 is 0 Å². The van der Waals surface area contributed by atoms with Crippen LogP contribution >= 0.6 is 0 Å². The third-order valence-electron chi connectivity index (χ3n) is 10.8. The van der Waals surface area contributed by atoms with Crippen LogP contribution in [0.4, 0.5) is 0 Å². The van der Waals surface area contributed by atoms with Crippen LogP contribution in [0.2, 0.25) is 0 Å². The van der Waals surface area contributed by atoms with Crippen molar-refractivity contribution in [2.24, 2.45) is 17.6 Å². The minimum atomic E-state index is -1.41. The number of aliphatic hydroxyl groups is 3. The highest BCUT2D eigenvalue weighted by Crippen LogP contribution is 2.30. The van der Waals surface area contributed by atoms with Crippen LogP contribution in [0, 0.1) is 11.8 Å². The van der Waals surface area contributed by atoms with Gasteiger partial charge < -0.3 is 36.4 Å². The fourth-order valence-corrected chi connectivity index (χ4v) is 7.50. The highest BCUT2D eigenvalue weighted by Gasteiger charge is 2.49. The largest absolute Gasteiger partial charge is 0.394 e. The SMILES string of the molecule is CCCCCCCCCCCCCCCCCCNC(=O)C(CCCCCCCCCC)[C@@H]1O[C@H](CO)[C@@H](O)[C@H](O)[C@H]1NC(=O)[C@@H](N)CC(C)C. The molecule has 302 valence electrons. The zero-order valence-electron chi connectivity index (χ0n) is 33.6. The summed E-state index contributed by atoms with van der Waals surface area (Å²) < 4.78 is 6.16. The van der Waals surface area contributed by atoms with E-state index in [0.29, 0.717) is 19.4 Å². The highest BCUT2D eigenvalue weighted by molar-refractivity contribution is 5.82. The molecule has 0 aromatic carbocycles. The summed E-state index contributed by atoms with van der Waals surface area (Å²) >= 11 is 0. The molecule has 1 unspecified atom stereocenters. The van der Waals surface area contributed by atoms with Crippen molar-refractivity contribution in [3.63, 3.8) is 0 Å². The molecule has 1 aliphatic rings. The molecule has 0 spiro atoms. The number of aliphatic hydroxyl groups excluding tert-OH is 3. The van der Waals surface area contributed by atoms with Gasteiger partial charge in [0.25, 0.3) is 0 Å². The van der Waals surface area contributed by atoms with Gasteiger partial charge in [0, 0.05) is 6.54 Å². The molecule has 0 aromatic rings. The normalized spacial score (nSPS) is 21.9. The van der Waals surface area contributed by atoms with Crippen LogP contribution in [0.15, 0.2) is 0 Å². The zero-order valence-corrected chi connectivity index (χ0v) is 33.6. The molecular formula is C42H83N3O6. The van der Waals surface area contributed by atoms with Crippen molar-refractivity contribution in [3.8, 4) is 0 Å². The maximum absolute atomic E-state index is 13.8. The predicted molar refractivity (Wildman–Crippen MR) is 210 cm³/mol. The van der Waals surface area contributed by atoms with Crippen LogP contribution in [0.3, 0.4) is 0 Å². The molecule has 9 nitrogen and oxygen atoms in total. The smallest absolute Gasteiger partial charge is 0.237 e. The van der Waals surface area contributed by atoms with Crippen molar-refractivity contribution in [2.45, 2.75) is 231 Å². The Morgan fingerprint density at radius 3 is 1.51 bits per heavy atom. The maximum atomic E-state index is 13.8. The molecule has 2 amide bonds. The first-order valence-electron chi connectivity index (χ1n) is 21.6. The van der Waals surface area contributed by atoms with E-state index in [0.717, 1.165) is 38.5 Å². The van der Waals surface area contributed by atoms with E-state index in [1.165, 1.54) is 116 Å². The first-order valence-corrected chi connectivity index (χ1v) is 21.6. The average Bonchev–Trinajstić information content (AvgIpc) is 3.11. The molecule has 7 atom stereocenters. The van der Waals surface area contributed by atoms with Crippen molar-refractivity contribution in [2.75, 3.05) is 13.2 Å². The molecule has 1 heterocycles. The summed E-state index contributed by atoms with van der Waals surface area (Å²) in [5.41, 5.74) is 6.17. The first kappa shape index (κ1) is 47.8. The van der Waals surface area contributed by atoms with E-state index in [9.17, 15) is 24.9 Å². The van der Waals surface area contributed by atoms with E-state index in [2.05, 4.69) is 24.5 Å². The molecule has 1 saturated heterocycles. The molecule has 0 saturated carbocycles. The lowest BCUT2D eigenvalue weighted by Crippen LogP contribution is -2.67. The number of hydrogen-bond acceptors (Lipinski definition) is 7. The third kappa shape index (κ3) is 21.9. The number of carbonyl (C=O) groups is 2. The minimum Gasteiger partial charge on any atom is -0.394 e. The van der Waals surface area contributed by atoms with Crippen molar-refractivity contribution in [1.82, 2.24) is 10.6 Å². The molecule has 1 fully saturated rings. The third-order valence-corrected chi connectivity index (χ3v) is 10.8. The average molecular weight is 726 g/mol. The molecule has 0 radical (unpaired) electrons. The van der Waals surface area contributed by atoms with Gasteiger partial charge in [0.15, 0.2) is 0 Å². The van der Waals surface area contributed by atoms with Gasteiger partial charge in [-0.25, -0.2) is 0 Å². The lowest BCUT2D eigenvalue weighted by atomic mass is 9.82. The summed E-state index contributed by atoms with van der Waals surface area (Å²) in [6.45, 7) is 8.49. The van der Waals surface area contributed by atoms with Crippen LogP contribution < -0.4 is 16.4 Å². The number of nitrogens with two attached hydrogens (primary N) is 1. The van der Waals surface area contributed by atoms with Crippen molar-refractivity contribution in [3.05, 3.63) is 0 Å². The fraction of sp³-hybridized carbons (Fsp3) is 0.952. The van der Waals surface area contributed by atoms with Gasteiger partial charge in [-0.3, -0.25) is 9.59 Å². The number of rotatable bonds is 33. The van der Waals surface area contributed by atoms with Gasteiger partial charge in [-0.2, -0.15) is 0 Å².